The van der Waals surface area contributed by atoms with Crippen molar-refractivity contribution in [1.29, 1.82) is 0 Å². The minimum absolute atomic E-state index is 0.0387. The number of methoxy groups -OCH3 is 1. The third-order valence-electron chi connectivity index (χ3n) is 3.55. The number of aromatic nitrogens is 2. The molecular formula is C13H14F2N2OS. The lowest BCUT2D eigenvalue weighted by molar-refractivity contribution is -0.0382. The molecule has 0 spiro atoms. The number of alkyl halides is 2. The maximum Gasteiger partial charge on any atom is 0.248 e. The first-order chi connectivity index (χ1) is 9.09. The van der Waals surface area contributed by atoms with Crippen molar-refractivity contribution in [1.82, 2.24) is 9.97 Å². The van der Waals surface area contributed by atoms with Gasteiger partial charge in [-0.1, -0.05) is 0 Å². The minimum Gasteiger partial charge on any atom is -0.479 e. The number of hydrogen-bond acceptors (Lipinski definition) is 4. The number of nitrogens with zero attached hydrogens (tertiary/aromatic N) is 2. The van der Waals surface area contributed by atoms with Gasteiger partial charge in [-0.3, -0.25) is 0 Å². The third kappa shape index (κ3) is 2.41. The predicted octanol–water partition coefficient (Wildman–Crippen LogP) is 3.99. The second-order valence-corrected chi connectivity index (χ2v) is 5.91. The van der Waals surface area contributed by atoms with Crippen LogP contribution < -0.4 is 4.74 Å². The molecule has 1 aliphatic rings. The first kappa shape index (κ1) is 12.7. The van der Waals surface area contributed by atoms with Gasteiger partial charge in [0.2, 0.25) is 11.8 Å². The molecule has 0 aromatic carbocycles. The molecule has 3 rings (SSSR count). The van der Waals surface area contributed by atoms with Crippen LogP contribution in [0.5, 0.6) is 5.88 Å². The topological polar surface area (TPSA) is 35.0 Å². The van der Waals surface area contributed by atoms with E-state index >= 15 is 0 Å². The molecule has 19 heavy (non-hydrogen) atoms. The van der Waals surface area contributed by atoms with Gasteiger partial charge in [0, 0.05) is 25.0 Å². The smallest absolute Gasteiger partial charge is 0.248 e. The van der Waals surface area contributed by atoms with Gasteiger partial charge in [0.1, 0.15) is 5.52 Å². The summed E-state index contributed by atoms with van der Waals surface area (Å²) in [5.41, 5.74) is 0.738. The molecule has 2 heterocycles. The van der Waals surface area contributed by atoms with E-state index in [9.17, 15) is 8.78 Å². The van der Waals surface area contributed by atoms with Crippen molar-refractivity contribution in [3.05, 3.63) is 17.3 Å². The molecule has 0 aliphatic heterocycles. The van der Waals surface area contributed by atoms with E-state index < -0.39 is 5.92 Å². The zero-order chi connectivity index (χ0) is 13.5. The molecule has 102 valence electrons. The van der Waals surface area contributed by atoms with E-state index in [1.807, 2.05) is 6.07 Å². The van der Waals surface area contributed by atoms with E-state index in [2.05, 4.69) is 9.97 Å². The lowest BCUT2D eigenvalue weighted by Gasteiger charge is -2.26. The van der Waals surface area contributed by atoms with Crippen LogP contribution in [0.1, 0.15) is 36.6 Å². The second-order valence-electron chi connectivity index (χ2n) is 4.85. The Hall–Kier alpha value is -1.30. The largest absolute Gasteiger partial charge is 0.479 e. The number of hydrogen-bond donors (Lipinski definition) is 0. The van der Waals surface area contributed by atoms with E-state index in [4.69, 9.17) is 4.74 Å². The molecule has 0 bridgehead atoms. The van der Waals surface area contributed by atoms with Crippen molar-refractivity contribution in [2.75, 3.05) is 7.11 Å². The Kier molecular flexibility index (Phi) is 3.12. The van der Waals surface area contributed by atoms with Crippen molar-refractivity contribution >= 4 is 21.6 Å². The molecule has 0 N–H and O–H groups in total. The molecule has 0 unspecified atom stereocenters. The fourth-order valence-corrected chi connectivity index (χ4v) is 3.58. The van der Waals surface area contributed by atoms with Crippen LogP contribution in [0.4, 0.5) is 8.78 Å². The second kappa shape index (κ2) is 4.67. The highest BCUT2D eigenvalue weighted by Crippen LogP contribution is 2.43. The van der Waals surface area contributed by atoms with Gasteiger partial charge in [-0.25, -0.2) is 18.7 Å². The van der Waals surface area contributed by atoms with E-state index in [0.717, 1.165) is 15.2 Å². The van der Waals surface area contributed by atoms with Gasteiger partial charge in [0.25, 0.3) is 0 Å². The van der Waals surface area contributed by atoms with Crippen molar-refractivity contribution in [2.45, 2.75) is 37.5 Å². The zero-order valence-corrected chi connectivity index (χ0v) is 11.3. The summed E-state index contributed by atoms with van der Waals surface area (Å²) in [7, 11) is 1.56. The van der Waals surface area contributed by atoms with Crippen LogP contribution >= 0.6 is 11.3 Å². The monoisotopic (exact) mass is 284 g/mol. The SMILES string of the molecule is COc1nccc2sc(C3CCC(F)(F)CC3)nc12. The van der Waals surface area contributed by atoms with Gasteiger partial charge in [-0.05, 0) is 18.9 Å². The standard InChI is InChI=1S/C13H14F2N2OS/c1-18-11-10-9(4-7-16-11)19-12(17-10)8-2-5-13(14,15)6-3-8/h4,7-8H,2-3,5-6H2,1H3. The normalized spacial score (nSPS) is 19.7. The molecule has 6 heteroatoms. The van der Waals surface area contributed by atoms with Gasteiger partial charge >= 0.3 is 0 Å². The summed E-state index contributed by atoms with van der Waals surface area (Å²) >= 11 is 1.56. The van der Waals surface area contributed by atoms with Crippen molar-refractivity contribution < 1.29 is 13.5 Å². The summed E-state index contributed by atoms with van der Waals surface area (Å²) in [5.74, 6) is -1.85. The Bertz CT molecular complexity index is 589. The lowest BCUT2D eigenvalue weighted by Crippen LogP contribution is -2.23. The number of ether oxygens (including phenoxy) is 1. The molecule has 1 fully saturated rings. The lowest BCUT2D eigenvalue weighted by atomic mass is 9.87. The van der Waals surface area contributed by atoms with Gasteiger partial charge in [0.05, 0.1) is 16.8 Å². The molecule has 2 aromatic heterocycles. The van der Waals surface area contributed by atoms with E-state index in [-0.39, 0.29) is 18.8 Å². The number of pyridine rings is 1. The molecule has 1 aliphatic carbocycles. The van der Waals surface area contributed by atoms with Crippen LogP contribution in [0.15, 0.2) is 12.3 Å². The number of rotatable bonds is 2. The Labute approximate surface area is 113 Å². The average Bonchev–Trinajstić information content (AvgIpc) is 2.82. The van der Waals surface area contributed by atoms with Crippen molar-refractivity contribution in [2.24, 2.45) is 0 Å². The quantitative estimate of drug-likeness (QED) is 0.836. The highest BCUT2D eigenvalue weighted by atomic mass is 32.1. The highest BCUT2D eigenvalue weighted by Gasteiger charge is 2.36. The molecule has 1 saturated carbocycles. The van der Waals surface area contributed by atoms with Crippen LogP contribution in [-0.2, 0) is 0 Å². The Morgan fingerprint density at radius 1 is 1.37 bits per heavy atom. The van der Waals surface area contributed by atoms with Crippen LogP contribution in [-0.4, -0.2) is 23.0 Å². The highest BCUT2D eigenvalue weighted by molar-refractivity contribution is 7.18. The Morgan fingerprint density at radius 2 is 2.11 bits per heavy atom. The van der Waals surface area contributed by atoms with Gasteiger partial charge < -0.3 is 4.74 Å². The average molecular weight is 284 g/mol. The Balaban J connectivity index is 1.90. The van der Waals surface area contributed by atoms with Crippen LogP contribution in [0.25, 0.3) is 10.2 Å². The predicted molar refractivity (Wildman–Crippen MR) is 70.1 cm³/mol. The summed E-state index contributed by atoms with van der Waals surface area (Å²) in [6, 6.07) is 1.89. The van der Waals surface area contributed by atoms with Gasteiger partial charge in [-0.2, -0.15) is 0 Å². The van der Waals surface area contributed by atoms with Crippen LogP contribution in [0.2, 0.25) is 0 Å². The molecule has 2 aromatic rings. The maximum atomic E-state index is 13.2. The summed E-state index contributed by atoms with van der Waals surface area (Å²) in [6.45, 7) is 0. The summed E-state index contributed by atoms with van der Waals surface area (Å²) < 4.78 is 32.5. The van der Waals surface area contributed by atoms with Crippen molar-refractivity contribution in [3.63, 3.8) is 0 Å². The van der Waals surface area contributed by atoms with Crippen LogP contribution in [0, 0.1) is 0 Å². The minimum atomic E-state index is -2.49. The fourth-order valence-electron chi connectivity index (χ4n) is 2.46. The Morgan fingerprint density at radius 3 is 2.79 bits per heavy atom. The summed E-state index contributed by atoms with van der Waals surface area (Å²) in [6.07, 6.45) is 2.61. The molecule has 0 saturated heterocycles. The maximum absolute atomic E-state index is 13.2. The molecular weight excluding hydrogens is 270 g/mol. The number of halogens is 2. The van der Waals surface area contributed by atoms with Crippen LogP contribution in [0.3, 0.4) is 0 Å². The summed E-state index contributed by atoms with van der Waals surface area (Å²) in [4.78, 5) is 8.65. The molecule has 0 radical (unpaired) electrons. The molecule has 3 nitrogen and oxygen atoms in total. The summed E-state index contributed by atoms with van der Waals surface area (Å²) in [5, 5.41) is 0.928. The van der Waals surface area contributed by atoms with Crippen molar-refractivity contribution in [3.8, 4) is 5.88 Å². The molecule has 0 amide bonds. The first-order valence-corrected chi connectivity index (χ1v) is 7.08. The van der Waals surface area contributed by atoms with Gasteiger partial charge in [-0.15, -0.1) is 11.3 Å². The third-order valence-corrected chi connectivity index (χ3v) is 4.73. The number of thiazole rings is 1. The molecule has 0 atom stereocenters. The van der Waals surface area contributed by atoms with E-state index in [1.165, 1.54) is 0 Å². The van der Waals surface area contributed by atoms with E-state index in [0.29, 0.717) is 18.7 Å². The number of fused-ring (bicyclic) bond motifs is 1. The van der Waals surface area contributed by atoms with Gasteiger partial charge in [0.15, 0.2) is 0 Å². The fraction of sp³-hybridized carbons (Fsp3) is 0.538. The zero-order valence-electron chi connectivity index (χ0n) is 10.5. The first-order valence-electron chi connectivity index (χ1n) is 6.26. The van der Waals surface area contributed by atoms with E-state index in [1.54, 1.807) is 24.6 Å².